The second-order valence-electron chi connectivity index (χ2n) is 3.44. The minimum atomic E-state index is -0.527. The van der Waals surface area contributed by atoms with Crippen molar-refractivity contribution < 1.29 is 14.6 Å². The highest BCUT2D eigenvalue weighted by molar-refractivity contribution is 5.80. The molecule has 1 amide bonds. The molecular formula is C12H17NO3. The highest BCUT2D eigenvalue weighted by Gasteiger charge is 2.13. The van der Waals surface area contributed by atoms with E-state index in [1.165, 1.54) is 0 Å². The number of amides is 1. The number of hydrogen-bond donors (Lipinski definition) is 2. The molecule has 0 aromatic heterocycles. The van der Waals surface area contributed by atoms with Gasteiger partial charge in [-0.15, -0.1) is 0 Å². The van der Waals surface area contributed by atoms with Crippen LogP contribution in [-0.4, -0.2) is 30.3 Å². The van der Waals surface area contributed by atoms with Crippen molar-refractivity contribution in [1.29, 1.82) is 0 Å². The van der Waals surface area contributed by atoms with E-state index in [-0.39, 0.29) is 12.5 Å². The zero-order valence-corrected chi connectivity index (χ0v) is 9.35. The summed E-state index contributed by atoms with van der Waals surface area (Å²) >= 11 is 0. The van der Waals surface area contributed by atoms with Crippen molar-refractivity contribution in [3.63, 3.8) is 0 Å². The van der Waals surface area contributed by atoms with Crippen molar-refractivity contribution in [3.05, 3.63) is 30.3 Å². The highest BCUT2D eigenvalue weighted by Crippen LogP contribution is 2.10. The number of para-hydroxylation sites is 1. The summed E-state index contributed by atoms with van der Waals surface area (Å²) in [5.41, 5.74) is 0. The molecule has 4 nitrogen and oxygen atoms in total. The van der Waals surface area contributed by atoms with Crippen LogP contribution in [0, 0.1) is 0 Å². The lowest BCUT2D eigenvalue weighted by molar-refractivity contribution is -0.127. The van der Waals surface area contributed by atoms with Gasteiger partial charge in [-0.3, -0.25) is 4.79 Å². The Hall–Kier alpha value is -1.55. The standard InChI is InChI=1S/C12H17NO3/c1-10(12(15)13-8-5-9-14)16-11-6-3-2-4-7-11/h2-4,6-7,10,14H,5,8-9H2,1H3,(H,13,15). The Labute approximate surface area is 95.2 Å². The van der Waals surface area contributed by atoms with Crippen molar-refractivity contribution in [3.8, 4) is 5.75 Å². The number of nitrogens with one attached hydrogen (secondary N) is 1. The molecule has 16 heavy (non-hydrogen) atoms. The fourth-order valence-electron chi connectivity index (χ4n) is 1.19. The molecule has 0 radical (unpaired) electrons. The molecule has 0 heterocycles. The summed E-state index contributed by atoms with van der Waals surface area (Å²) in [4.78, 5) is 11.5. The highest BCUT2D eigenvalue weighted by atomic mass is 16.5. The summed E-state index contributed by atoms with van der Waals surface area (Å²) in [6.07, 6.45) is 0.0326. The van der Waals surface area contributed by atoms with Crippen LogP contribution in [0.25, 0.3) is 0 Å². The van der Waals surface area contributed by atoms with E-state index in [9.17, 15) is 4.79 Å². The first-order chi connectivity index (χ1) is 7.74. The normalized spacial score (nSPS) is 11.9. The largest absolute Gasteiger partial charge is 0.481 e. The van der Waals surface area contributed by atoms with E-state index in [4.69, 9.17) is 9.84 Å². The number of ether oxygens (including phenoxy) is 1. The predicted molar refractivity (Wildman–Crippen MR) is 61.2 cm³/mol. The van der Waals surface area contributed by atoms with Crippen LogP contribution in [-0.2, 0) is 4.79 Å². The average molecular weight is 223 g/mol. The van der Waals surface area contributed by atoms with Gasteiger partial charge in [-0.25, -0.2) is 0 Å². The van der Waals surface area contributed by atoms with Gasteiger partial charge in [0.25, 0.3) is 5.91 Å². The van der Waals surface area contributed by atoms with Gasteiger partial charge in [-0.05, 0) is 25.5 Å². The minimum absolute atomic E-state index is 0.0776. The van der Waals surface area contributed by atoms with Crippen molar-refractivity contribution in [2.24, 2.45) is 0 Å². The third-order valence-electron chi connectivity index (χ3n) is 2.06. The first-order valence-electron chi connectivity index (χ1n) is 5.34. The van der Waals surface area contributed by atoms with E-state index in [1.54, 1.807) is 19.1 Å². The van der Waals surface area contributed by atoms with Gasteiger partial charge in [0.2, 0.25) is 0 Å². The molecule has 4 heteroatoms. The van der Waals surface area contributed by atoms with Gasteiger partial charge in [0.15, 0.2) is 6.10 Å². The summed E-state index contributed by atoms with van der Waals surface area (Å²) in [5.74, 6) is 0.504. The van der Waals surface area contributed by atoms with Crippen LogP contribution in [0.4, 0.5) is 0 Å². The molecule has 0 aliphatic rings. The van der Waals surface area contributed by atoms with Crippen LogP contribution in [0.1, 0.15) is 13.3 Å². The number of aliphatic hydroxyl groups excluding tert-OH is 1. The Bertz CT molecular complexity index is 313. The Kier molecular flexibility index (Phi) is 5.36. The minimum Gasteiger partial charge on any atom is -0.481 e. The fourth-order valence-corrected chi connectivity index (χ4v) is 1.19. The van der Waals surface area contributed by atoms with E-state index in [2.05, 4.69) is 5.32 Å². The maximum Gasteiger partial charge on any atom is 0.260 e. The molecule has 88 valence electrons. The number of benzene rings is 1. The number of hydrogen-bond acceptors (Lipinski definition) is 3. The van der Waals surface area contributed by atoms with Crippen LogP contribution in [0.5, 0.6) is 5.75 Å². The number of carbonyl (C=O) groups excluding carboxylic acids is 1. The van der Waals surface area contributed by atoms with Gasteiger partial charge in [-0.1, -0.05) is 18.2 Å². The zero-order valence-electron chi connectivity index (χ0n) is 9.35. The Morgan fingerprint density at radius 1 is 1.44 bits per heavy atom. The quantitative estimate of drug-likeness (QED) is 0.706. The first kappa shape index (κ1) is 12.5. The molecule has 2 N–H and O–H groups in total. The van der Waals surface area contributed by atoms with Crippen molar-refractivity contribution in [1.82, 2.24) is 5.32 Å². The molecule has 1 rings (SSSR count). The van der Waals surface area contributed by atoms with Crippen LogP contribution >= 0.6 is 0 Å². The van der Waals surface area contributed by atoms with Gasteiger partial charge in [0, 0.05) is 13.2 Å². The van der Waals surface area contributed by atoms with Gasteiger partial charge in [0.1, 0.15) is 5.75 Å². The summed E-state index contributed by atoms with van der Waals surface area (Å²) in [5, 5.41) is 11.3. The monoisotopic (exact) mass is 223 g/mol. The summed E-state index contributed by atoms with van der Waals surface area (Å²) in [6.45, 7) is 2.24. The van der Waals surface area contributed by atoms with E-state index in [1.807, 2.05) is 18.2 Å². The molecule has 1 unspecified atom stereocenters. The predicted octanol–water partition coefficient (Wildman–Crippen LogP) is 0.952. The van der Waals surface area contributed by atoms with Crippen LogP contribution in [0.15, 0.2) is 30.3 Å². The first-order valence-corrected chi connectivity index (χ1v) is 5.34. The summed E-state index contributed by atoms with van der Waals surface area (Å²) < 4.78 is 5.43. The summed E-state index contributed by atoms with van der Waals surface area (Å²) in [6, 6.07) is 9.20. The summed E-state index contributed by atoms with van der Waals surface area (Å²) in [7, 11) is 0. The van der Waals surface area contributed by atoms with Gasteiger partial charge in [0.05, 0.1) is 0 Å². The molecule has 0 saturated heterocycles. The molecule has 0 fully saturated rings. The third-order valence-corrected chi connectivity index (χ3v) is 2.06. The molecular weight excluding hydrogens is 206 g/mol. The molecule has 1 atom stereocenters. The van der Waals surface area contributed by atoms with Crippen molar-refractivity contribution >= 4 is 5.91 Å². The molecule has 0 spiro atoms. The lowest BCUT2D eigenvalue weighted by atomic mass is 10.3. The second-order valence-corrected chi connectivity index (χ2v) is 3.44. The van der Waals surface area contributed by atoms with Gasteiger partial charge >= 0.3 is 0 Å². The van der Waals surface area contributed by atoms with Crippen molar-refractivity contribution in [2.75, 3.05) is 13.2 Å². The smallest absolute Gasteiger partial charge is 0.260 e. The maximum atomic E-state index is 11.5. The maximum absolute atomic E-state index is 11.5. The Morgan fingerprint density at radius 2 is 2.12 bits per heavy atom. The molecule has 1 aromatic carbocycles. The molecule has 0 saturated carbocycles. The van der Waals surface area contributed by atoms with Crippen LogP contribution in [0.2, 0.25) is 0 Å². The lowest BCUT2D eigenvalue weighted by Crippen LogP contribution is -2.37. The molecule has 1 aromatic rings. The van der Waals surface area contributed by atoms with E-state index < -0.39 is 6.10 Å². The number of aliphatic hydroxyl groups is 1. The van der Waals surface area contributed by atoms with Gasteiger partial charge < -0.3 is 15.2 Å². The SMILES string of the molecule is CC(Oc1ccccc1)C(=O)NCCCO. The third kappa shape index (κ3) is 4.31. The number of carbonyl (C=O) groups is 1. The second kappa shape index (κ2) is 6.85. The topological polar surface area (TPSA) is 58.6 Å². The zero-order chi connectivity index (χ0) is 11.8. The van der Waals surface area contributed by atoms with E-state index in [0.717, 1.165) is 0 Å². The average Bonchev–Trinajstić information content (AvgIpc) is 2.30. The molecule has 0 aliphatic heterocycles. The van der Waals surface area contributed by atoms with E-state index in [0.29, 0.717) is 18.7 Å². The lowest BCUT2D eigenvalue weighted by Gasteiger charge is -2.14. The van der Waals surface area contributed by atoms with Crippen LogP contribution in [0.3, 0.4) is 0 Å². The molecule has 0 bridgehead atoms. The Balaban J connectivity index is 2.34. The van der Waals surface area contributed by atoms with Crippen LogP contribution < -0.4 is 10.1 Å². The number of rotatable bonds is 6. The van der Waals surface area contributed by atoms with Crippen molar-refractivity contribution in [2.45, 2.75) is 19.4 Å². The fraction of sp³-hybridized carbons (Fsp3) is 0.417. The van der Waals surface area contributed by atoms with Gasteiger partial charge in [-0.2, -0.15) is 0 Å². The molecule has 0 aliphatic carbocycles. The van der Waals surface area contributed by atoms with E-state index >= 15 is 0 Å². The Morgan fingerprint density at radius 3 is 2.75 bits per heavy atom.